The van der Waals surface area contributed by atoms with Crippen LogP contribution in [0.5, 0.6) is 5.75 Å². The van der Waals surface area contributed by atoms with Gasteiger partial charge in [0.1, 0.15) is 11.5 Å². The summed E-state index contributed by atoms with van der Waals surface area (Å²) in [6.45, 7) is 19.8. The number of aryl methyl sites for hydroxylation is 3. The second kappa shape index (κ2) is 8.06. The Morgan fingerprint density at radius 3 is 1.90 bits per heavy atom. The van der Waals surface area contributed by atoms with E-state index in [-0.39, 0.29) is 0 Å². The third-order valence-corrected chi connectivity index (χ3v) is 6.57. The van der Waals surface area contributed by atoms with Crippen molar-refractivity contribution in [2.75, 3.05) is 6.61 Å². The summed E-state index contributed by atoms with van der Waals surface area (Å²) >= 11 is 0. The van der Waals surface area contributed by atoms with Crippen LogP contribution in [0.15, 0.2) is 16.5 Å². The van der Waals surface area contributed by atoms with Gasteiger partial charge in [-0.25, -0.2) is 4.98 Å². The lowest BCUT2D eigenvalue weighted by molar-refractivity contribution is 0.315. The Kier molecular flexibility index (Phi) is 5.88. The van der Waals surface area contributed by atoms with Gasteiger partial charge < -0.3 is 9.15 Å². The summed E-state index contributed by atoms with van der Waals surface area (Å²) in [7, 11) is 0. The molecule has 0 fully saturated rings. The first kappa shape index (κ1) is 21.2. The van der Waals surface area contributed by atoms with E-state index in [9.17, 15) is 0 Å². The lowest BCUT2D eigenvalue weighted by atomic mass is 9.89. The third kappa shape index (κ3) is 3.83. The average molecular weight is 392 g/mol. The number of hydrogen-bond donors (Lipinski definition) is 0. The zero-order chi connectivity index (χ0) is 21.5. The van der Waals surface area contributed by atoms with Crippen molar-refractivity contribution in [3.8, 4) is 17.2 Å². The smallest absolute Gasteiger partial charge is 0.227 e. The Bertz CT molecular complexity index is 1040. The molecule has 0 spiro atoms. The molecule has 0 atom stereocenters. The van der Waals surface area contributed by atoms with Crippen LogP contribution in [0.1, 0.15) is 56.0 Å². The number of hydrogen-bond acceptors (Lipinski definition) is 3. The second-order valence-electron chi connectivity index (χ2n) is 8.27. The summed E-state index contributed by atoms with van der Waals surface area (Å²) in [4.78, 5) is 4.86. The molecule has 3 nitrogen and oxygen atoms in total. The predicted octanol–water partition coefficient (Wildman–Crippen LogP) is 6.74. The summed E-state index contributed by atoms with van der Waals surface area (Å²) < 4.78 is 12.3. The summed E-state index contributed by atoms with van der Waals surface area (Å²) in [5.74, 6) is 2.58. The highest BCUT2D eigenvalue weighted by Crippen LogP contribution is 2.34. The second-order valence-corrected chi connectivity index (χ2v) is 8.27. The lowest BCUT2D eigenvalue weighted by Gasteiger charge is -2.16. The molecule has 0 aliphatic rings. The van der Waals surface area contributed by atoms with E-state index >= 15 is 0 Å². The standard InChI is InChI=1S/C26H33NO2/c1-14-10-11-15(2)25(16(14)3)28-13-12-23-22(9)29-26(27-23)24-20(7)18(5)17(4)19(6)21(24)8/h10-11H,12-13H2,1-9H3. The molecule has 2 aromatic carbocycles. The normalized spacial score (nSPS) is 11.2. The van der Waals surface area contributed by atoms with Gasteiger partial charge in [0, 0.05) is 12.0 Å². The van der Waals surface area contributed by atoms with Crippen LogP contribution >= 0.6 is 0 Å². The molecule has 3 heteroatoms. The molecule has 0 radical (unpaired) electrons. The maximum Gasteiger partial charge on any atom is 0.227 e. The zero-order valence-corrected chi connectivity index (χ0v) is 19.3. The van der Waals surface area contributed by atoms with Crippen molar-refractivity contribution in [2.24, 2.45) is 0 Å². The van der Waals surface area contributed by atoms with Gasteiger partial charge in [0.15, 0.2) is 0 Å². The molecule has 1 aromatic heterocycles. The van der Waals surface area contributed by atoms with Crippen molar-refractivity contribution < 1.29 is 9.15 Å². The molecule has 0 amide bonds. The fraction of sp³-hybridized carbons (Fsp3) is 0.423. The van der Waals surface area contributed by atoms with Crippen LogP contribution in [0, 0.1) is 62.3 Å². The van der Waals surface area contributed by atoms with Crippen molar-refractivity contribution in [3.05, 3.63) is 68.1 Å². The summed E-state index contributed by atoms with van der Waals surface area (Å²) in [5.41, 5.74) is 12.2. The number of oxazole rings is 1. The van der Waals surface area contributed by atoms with Gasteiger partial charge >= 0.3 is 0 Å². The molecule has 3 rings (SSSR count). The van der Waals surface area contributed by atoms with E-state index in [4.69, 9.17) is 14.1 Å². The van der Waals surface area contributed by atoms with Gasteiger partial charge in [0.05, 0.1) is 12.3 Å². The van der Waals surface area contributed by atoms with E-state index in [1.165, 1.54) is 44.5 Å². The Hall–Kier alpha value is -2.55. The highest BCUT2D eigenvalue weighted by molar-refractivity contribution is 5.69. The van der Waals surface area contributed by atoms with Gasteiger partial charge in [-0.2, -0.15) is 0 Å². The van der Waals surface area contributed by atoms with Crippen LogP contribution in [0.3, 0.4) is 0 Å². The van der Waals surface area contributed by atoms with E-state index in [0.29, 0.717) is 6.61 Å². The van der Waals surface area contributed by atoms with Crippen molar-refractivity contribution >= 4 is 0 Å². The molecule has 0 unspecified atom stereocenters. The van der Waals surface area contributed by atoms with E-state index in [1.807, 2.05) is 6.92 Å². The molecule has 154 valence electrons. The van der Waals surface area contributed by atoms with Crippen molar-refractivity contribution in [1.82, 2.24) is 4.98 Å². The molecule has 3 aromatic rings. The zero-order valence-electron chi connectivity index (χ0n) is 19.3. The molecular weight excluding hydrogens is 358 g/mol. The minimum Gasteiger partial charge on any atom is -0.493 e. The van der Waals surface area contributed by atoms with Gasteiger partial charge in [-0.3, -0.25) is 0 Å². The minimum absolute atomic E-state index is 0.585. The third-order valence-electron chi connectivity index (χ3n) is 6.57. The summed E-state index contributed by atoms with van der Waals surface area (Å²) in [6.07, 6.45) is 0.726. The average Bonchev–Trinajstić information content (AvgIpc) is 3.04. The highest BCUT2D eigenvalue weighted by atomic mass is 16.5. The molecule has 0 saturated carbocycles. The number of benzene rings is 2. The number of aromatic nitrogens is 1. The van der Waals surface area contributed by atoms with Crippen LogP contribution in [0.4, 0.5) is 0 Å². The van der Waals surface area contributed by atoms with Crippen molar-refractivity contribution in [1.29, 1.82) is 0 Å². The van der Waals surface area contributed by atoms with Crippen LogP contribution in [0.25, 0.3) is 11.5 Å². The van der Waals surface area contributed by atoms with Gasteiger partial charge in [0.25, 0.3) is 0 Å². The van der Waals surface area contributed by atoms with Crippen molar-refractivity contribution in [2.45, 2.75) is 68.7 Å². The number of nitrogens with zero attached hydrogens (tertiary/aromatic N) is 1. The SMILES string of the molecule is Cc1ccc(C)c(OCCc2nc(-c3c(C)c(C)c(C)c(C)c3C)oc2C)c1C. The maximum absolute atomic E-state index is 6.14. The fourth-order valence-electron chi connectivity index (χ4n) is 3.99. The predicted molar refractivity (Wildman–Crippen MR) is 120 cm³/mol. The van der Waals surface area contributed by atoms with Crippen molar-refractivity contribution in [3.63, 3.8) is 0 Å². The van der Waals surface area contributed by atoms with E-state index in [2.05, 4.69) is 67.5 Å². The van der Waals surface area contributed by atoms with Crippen LogP contribution in [-0.2, 0) is 6.42 Å². The Morgan fingerprint density at radius 2 is 1.28 bits per heavy atom. The molecule has 0 aliphatic heterocycles. The quantitative estimate of drug-likeness (QED) is 0.483. The number of rotatable bonds is 5. The first-order valence-corrected chi connectivity index (χ1v) is 10.4. The van der Waals surface area contributed by atoms with Crippen LogP contribution < -0.4 is 4.74 Å². The Morgan fingerprint density at radius 1 is 0.724 bits per heavy atom. The van der Waals surface area contributed by atoms with E-state index < -0.39 is 0 Å². The number of ether oxygens (including phenoxy) is 1. The first-order chi connectivity index (χ1) is 13.6. The summed E-state index contributed by atoms with van der Waals surface area (Å²) in [5, 5.41) is 0. The minimum atomic E-state index is 0.585. The lowest BCUT2D eigenvalue weighted by Crippen LogP contribution is -2.05. The topological polar surface area (TPSA) is 35.3 Å². The Labute approximate surface area is 175 Å². The monoisotopic (exact) mass is 391 g/mol. The van der Waals surface area contributed by atoms with Crippen LogP contribution in [0.2, 0.25) is 0 Å². The van der Waals surface area contributed by atoms with E-state index in [0.717, 1.165) is 35.1 Å². The largest absolute Gasteiger partial charge is 0.493 e. The summed E-state index contributed by atoms with van der Waals surface area (Å²) in [6, 6.07) is 4.26. The highest BCUT2D eigenvalue weighted by Gasteiger charge is 2.19. The molecule has 29 heavy (non-hydrogen) atoms. The molecule has 0 N–H and O–H groups in total. The molecule has 0 saturated heterocycles. The fourth-order valence-corrected chi connectivity index (χ4v) is 3.99. The molecule has 0 bridgehead atoms. The Balaban J connectivity index is 1.85. The van der Waals surface area contributed by atoms with Gasteiger partial charge in [0.2, 0.25) is 5.89 Å². The molecular formula is C26H33NO2. The van der Waals surface area contributed by atoms with Gasteiger partial charge in [-0.15, -0.1) is 0 Å². The molecule has 0 aliphatic carbocycles. The van der Waals surface area contributed by atoms with Crippen LogP contribution in [-0.4, -0.2) is 11.6 Å². The van der Waals surface area contributed by atoms with E-state index in [1.54, 1.807) is 0 Å². The van der Waals surface area contributed by atoms with Gasteiger partial charge in [-0.1, -0.05) is 12.1 Å². The molecule has 1 heterocycles. The van der Waals surface area contributed by atoms with Gasteiger partial charge in [-0.05, 0) is 107 Å². The first-order valence-electron chi connectivity index (χ1n) is 10.4. The maximum atomic E-state index is 6.14.